The van der Waals surface area contributed by atoms with E-state index in [-0.39, 0.29) is 17.5 Å². The van der Waals surface area contributed by atoms with Gasteiger partial charge in [0.25, 0.3) is 0 Å². The van der Waals surface area contributed by atoms with E-state index in [0.717, 1.165) is 12.8 Å². The van der Waals surface area contributed by atoms with Crippen molar-refractivity contribution in [2.24, 2.45) is 5.41 Å². The van der Waals surface area contributed by atoms with E-state index < -0.39 is 0 Å². The quantitative estimate of drug-likeness (QED) is 0.715. The highest BCUT2D eigenvalue weighted by molar-refractivity contribution is 5.74. The normalized spacial score (nSPS) is 19.8. The molecule has 1 aliphatic rings. The molecule has 0 aromatic carbocycles. The third-order valence-corrected chi connectivity index (χ3v) is 2.84. The molecule has 0 radical (unpaired) electrons. The minimum Gasteiger partial charge on any atom is -0.336 e. The molecule has 4 nitrogen and oxygen atoms in total. The molecule has 1 rings (SSSR count). The van der Waals surface area contributed by atoms with Crippen molar-refractivity contribution in [2.75, 3.05) is 13.1 Å². The fourth-order valence-corrected chi connectivity index (χ4v) is 1.65. The Balaban J connectivity index is 2.44. The van der Waals surface area contributed by atoms with Crippen molar-refractivity contribution < 1.29 is 4.79 Å². The van der Waals surface area contributed by atoms with Crippen LogP contribution in [-0.2, 0) is 0 Å². The van der Waals surface area contributed by atoms with Gasteiger partial charge in [0.05, 0.1) is 11.5 Å². The number of nitrogens with one attached hydrogen (secondary N) is 1. The maximum absolute atomic E-state index is 11.6. The van der Waals surface area contributed by atoms with Gasteiger partial charge in [0.15, 0.2) is 0 Å². The Kier molecular flexibility index (Phi) is 3.57. The van der Waals surface area contributed by atoms with Gasteiger partial charge in [0, 0.05) is 19.1 Å². The van der Waals surface area contributed by atoms with Gasteiger partial charge in [-0.2, -0.15) is 5.26 Å². The van der Waals surface area contributed by atoms with Crippen LogP contribution in [-0.4, -0.2) is 30.1 Å². The van der Waals surface area contributed by atoms with E-state index in [1.165, 1.54) is 0 Å². The van der Waals surface area contributed by atoms with Crippen molar-refractivity contribution in [1.29, 1.82) is 5.26 Å². The molecule has 2 amide bonds. The van der Waals surface area contributed by atoms with E-state index in [2.05, 4.69) is 11.4 Å². The van der Waals surface area contributed by atoms with Gasteiger partial charge in [0.1, 0.15) is 0 Å². The molecule has 0 bridgehead atoms. The van der Waals surface area contributed by atoms with Gasteiger partial charge in [0.2, 0.25) is 0 Å². The molecule has 1 fully saturated rings. The van der Waals surface area contributed by atoms with Crippen LogP contribution < -0.4 is 5.32 Å². The van der Waals surface area contributed by atoms with Crippen LogP contribution in [0.4, 0.5) is 4.79 Å². The first-order valence-electron chi connectivity index (χ1n) is 5.43. The van der Waals surface area contributed by atoms with E-state index in [0.29, 0.717) is 13.1 Å². The molecule has 0 aromatic rings. The Labute approximate surface area is 91.2 Å². The van der Waals surface area contributed by atoms with Crippen molar-refractivity contribution >= 4 is 6.03 Å². The summed E-state index contributed by atoms with van der Waals surface area (Å²) in [6, 6.07) is 2.48. The molecule has 0 saturated carbocycles. The monoisotopic (exact) mass is 209 g/mol. The van der Waals surface area contributed by atoms with E-state index in [4.69, 9.17) is 5.26 Å². The molecule has 1 saturated heterocycles. The summed E-state index contributed by atoms with van der Waals surface area (Å²) < 4.78 is 0. The molecular formula is C11H19N3O. The summed E-state index contributed by atoms with van der Waals surface area (Å²) in [6.07, 6.45) is 1.55. The van der Waals surface area contributed by atoms with Gasteiger partial charge in [-0.1, -0.05) is 0 Å². The second kappa shape index (κ2) is 4.52. The third kappa shape index (κ3) is 3.12. The lowest BCUT2D eigenvalue weighted by Crippen LogP contribution is -2.48. The summed E-state index contributed by atoms with van der Waals surface area (Å²) in [5, 5.41) is 11.8. The Morgan fingerprint density at radius 1 is 1.47 bits per heavy atom. The molecule has 4 heteroatoms. The van der Waals surface area contributed by atoms with Gasteiger partial charge in [-0.25, -0.2) is 4.79 Å². The highest BCUT2D eigenvalue weighted by Crippen LogP contribution is 2.29. The van der Waals surface area contributed by atoms with Gasteiger partial charge in [-0.3, -0.25) is 0 Å². The number of hydrogen-bond acceptors (Lipinski definition) is 2. The molecule has 0 unspecified atom stereocenters. The van der Waals surface area contributed by atoms with Crippen molar-refractivity contribution in [3.05, 3.63) is 0 Å². The Morgan fingerprint density at radius 3 is 2.40 bits per heavy atom. The first-order chi connectivity index (χ1) is 6.97. The SMILES string of the molecule is CC(C)NC(=O)N1CCC(C)(C#N)CC1. The molecule has 0 atom stereocenters. The zero-order valence-corrected chi connectivity index (χ0v) is 9.71. The highest BCUT2D eigenvalue weighted by atomic mass is 16.2. The summed E-state index contributed by atoms with van der Waals surface area (Å²) >= 11 is 0. The lowest BCUT2D eigenvalue weighted by molar-refractivity contribution is 0.154. The lowest BCUT2D eigenvalue weighted by atomic mass is 9.82. The molecular weight excluding hydrogens is 190 g/mol. The zero-order chi connectivity index (χ0) is 11.5. The maximum Gasteiger partial charge on any atom is 0.317 e. The predicted molar refractivity (Wildman–Crippen MR) is 58.2 cm³/mol. The largest absolute Gasteiger partial charge is 0.336 e. The van der Waals surface area contributed by atoms with Crippen LogP contribution >= 0.6 is 0 Å². The number of nitriles is 1. The molecule has 1 heterocycles. The fraction of sp³-hybridized carbons (Fsp3) is 0.818. The summed E-state index contributed by atoms with van der Waals surface area (Å²) in [7, 11) is 0. The van der Waals surface area contributed by atoms with Crippen LogP contribution in [0.3, 0.4) is 0 Å². The number of nitrogens with zero attached hydrogens (tertiary/aromatic N) is 2. The number of piperidine rings is 1. The fourth-order valence-electron chi connectivity index (χ4n) is 1.65. The number of hydrogen-bond donors (Lipinski definition) is 1. The van der Waals surface area contributed by atoms with Crippen LogP contribution in [0.2, 0.25) is 0 Å². The van der Waals surface area contributed by atoms with Gasteiger partial charge in [-0.15, -0.1) is 0 Å². The van der Waals surface area contributed by atoms with Crippen molar-refractivity contribution in [3.8, 4) is 6.07 Å². The van der Waals surface area contributed by atoms with E-state index in [1.54, 1.807) is 4.90 Å². The number of carbonyl (C=O) groups is 1. The van der Waals surface area contributed by atoms with Crippen LogP contribution in [0.15, 0.2) is 0 Å². The van der Waals surface area contributed by atoms with Crippen LogP contribution in [0.25, 0.3) is 0 Å². The topological polar surface area (TPSA) is 56.1 Å². The molecule has 0 spiro atoms. The average Bonchev–Trinajstić information content (AvgIpc) is 2.18. The maximum atomic E-state index is 11.6. The smallest absolute Gasteiger partial charge is 0.317 e. The standard InChI is InChI=1S/C11H19N3O/c1-9(2)13-10(15)14-6-4-11(3,8-12)5-7-14/h9H,4-7H2,1-3H3,(H,13,15). The second-order valence-corrected chi connectivity index (χ2v) is 4.76. The molecule has 15 heavy (non-hydrogen) atoms. The zero-order valence-electron chi connectivity index (χ0n) is 9.71. The van der Waals surface area contributed by atoms with Crippen molar-refractivity contribution in [1.82, 2.24) is 10.2 Å². The Hall–Kier alpha value is -1.24. The van der Waals surface area contributed by atoms with Crippen LogP contribution in [0, 0.1) is 16.7 Å². The van der Waals surface area contributed by atoms with Crippen molar-refractivity contribution in [3.63, 3.8) is 0 Å². The molecule has 1 N–H and O–H groups in total. The first kappa shape index (κ1) is 11.8. The number of rotatable bonds is 1. The predicted octanol–water partition coefficient (Wildman–Crippen LogP) is 1.73. The number of amides is 2. The summed E-state index contributed by atoms with van der Waals surface area (Å²) in [5.74, 6) is 0. The summed E-state index contributed by atoms with van der Waals surface area (Å²) in [4.78, 5) is 13.4. The third-order valence-electron chi connectivity index (χ3n) is 2.84. The van der Waals surface area contributed by atoms with E-state index >= 15 is 0 Å². The first-order valence-corrected chi connectivity index (χ1v) is 5.43. The van der Waals surface area contributed by atoms with Gasteiger partial charge >= 0.3 is 6.03 Å². The molecule has 1 aliphatic heterocycles. The average molecular weight is 209 g/mol. The number of likely N-dealkylation sites (tertiary alicyclic amines) is 1. The van der Waals surface area contributed by atoms with Gasteiger partial charge in [-0.05, 0) is 33.6 Å². The van der Waals surface area contributed by atoms with E-state index in [1.807, 2.05) is 20.8 Å². The molecule has 84 valence electrons. The lowest BCUT2D eigenvalue weighted by Gasteiger charge is -2.35. The Bertz CT molecular complexity index is 272. The minimum absolute atomic E-state index is 0.00927. The molecule has 0 aromatic heterocycles. The Morgan fingerprint density at radius 2 is 2.00 bits per heavy atom. The second-order valence-electron chi connectivity index (χ2n) is 4.76. The molecule has 0 aliphatic carbocycles. The van der Waals surface area contributed by atoms with E-state index in [9.17, 15) is 4.79 Å². The van der Waals surface area contributed by atoms with Crippen LogP contribution in [0.1, 0.15) is 33.6 Å². The highest BCUT2D eigenvalue weighted by Gasteiger charge is 2.31. The minimum atomic E-state index is -0.241. The van der Waals surface area contributed by atoms with Crippen LogP contribution in [0.5, 0.6) is 0 Å². The van der Waals surface area contributed by atoms with Gasteiger partial charge < -0.3 is 10.2 Å². The number of carbonyl (C=O) groups excluding carboxylic acids is 1. The van der Waals surface area contributed by atoms with Crippen molar-refractivity contribution in [2.45, 2.75) is 39.7 Å². The summed E-state index contributed by atoms with van der Waals surface area (Å²) in [6.45, 7) is 7.22. The summed E-state index contributed by atoms with van der Waals surface area (Å²) in [5.41, 5.74) is -0.241. The number of urea groups is 1.